The SMILES string of the molecule is O=C(CCCNC(=O)c1ccccc1)NCc1ccc2ccccc2c1. The minimum atomic E-state index is -0.109. The Bertz CT molecular complexity index is 891. The molecule has 3 aromatic carbocycles. The van der Waals surface area contributed by atoms with Gasteiger partial charge in [0.15, 0.2) is 0 Å². The summed E-state index contributed by atoms with van der Waals surface area (Å²) in [6.07, 6.45) is 1.00. The van der Waals surface area contributed by atoms with Crippen LogP contribution in [0.4, 0.5) is 0 Å². The van der Waals surface area contributed by atoms with E-state index in [0.29, 0.717) is 31.5 Å². The number of fused-ring (bicyclic) bond motifs is 1. The van der Waals surface area contributed by atoms with Crippen molar-refractivity contribution in [1.29, 1.82) is 0 Å². The summed E-state index contributed by atoms with van der Waals surface area (Å²) in [7, 11) is 0. The Kier molecular flexibility index (Phi) is 5.99. The van der Waals surface area contributed by atoms with Gasteiger partial charge in [-0.25, -0.2) is 0 Å². The third-order valence-electron chi connectivity index (χ3n) is 4.21. The van der Waals surface area contributed by atoms with Crippen LogP contribution >= 0.6 is 0 Å². The fraction of sp³-hybridized carbons (Fsp3) is 0.182. The molecule has 0 unspecified atom stereocenters. The summed E-state index contributed by atoms with van der Waals surface area (Å²) in [6.45, 7) is 0.997. The van der Waals surface area contributed by atoms with Crippen molar-refractivity contribution in [2.75, 3.05) is 6.54 Å². The first-order valence-electron chi connectivity index (χ1n) is 8.80. The van der Waals surface area contributed by atoms with Gasteiger partial charge < -0.3 is 10.6 Å². The smallest absolute Gasteiger partial charge is 0.251 e. The molecule has 0 aliphatic rings. The van der Waals surface area contributed by atoms with Crippen LogP contribution in [0.3, 0.4) is 0 Å². The number of nitrogens with one attached hydrogen (secondary N) is 2. The van der Waals surface area contributed by atoms with E-state index in [2.05, 4.69) is 34.9 Å². The number of hydrogen-bond donors (Lipinski definition) is 2. The van der Waals surface area contributed by atoms with Crippen LogP contribution in [0, 0.1) is 0 Å². The number of amides is 2. The third kappa shape index (κ3) is 4.93. The minimum absolute atomic E-state index is 0.00730. The van der Waals surface area contributed by atoms with Gasteiger partial charge in [0.25, 0.3) is 5.91 Å². The van der Waals surface area contributed by atoms with Crippen molar-refractivity contribution in [3.8, 4) is 0 Å². The molecule has 0 bridgehead atoms. The van der Waals surface area contributed by atoms with Crippen molar-refractivity contribution < 1.29 is 9.59 Å². The van der Waals surface area contributed by atoms with Gasteiger partial charge in [0.2, 0.25) is 5.91 Å². The van der Waals surface area contributed by atoms with Crippen molar-refractivity contribution in [3.05, 3.63) is 83.9 Å². The zero-order chi connectivity index (χ0) is 18.2. The second-order valence-corrected chi connectivity index (χ2v) is 6.18. The Morgan fingerprint density at radius 1 is 0.769 bits per heavy atom. The Hall–Kier alpha value is -3.14. The van der Waals surface area contributed by atoms with Gasteiger partial charge in [0, 0.05) is 25.1 Å². The highest BCUT2D eigenvalue weighted by Crippen LogP contribution is 2.15. The molecule has 0 atom stereocenters. The van der Waals surface area contributed by atoms with Gasteiger partial charge in [-0.3, -0.25) is 9.59 Å². The molecule has 2 amide bonds. The number of carbonyl (C=O) groups excluding carboxylic acids is 2. The first kappa shape index (κ1) is 17.7. The van der Waals surface area contributed by atoms with E-state index in [0.717, 1.165) is 5.56 Å². The second kappa shape index (κ2) is 8.81. The zero-order valence-corrected chi connectivity index (χ0v) is 14.6. The Morgan fingerprint density at radius 3 is 2.31 bits per heavy atom. The molecular formula is C22H22N2O2. The van der Waals surface area contributed by atoms with Crippen LogP contribution in [0.2, 0.25) is 0 Å². The van der Waals surface area contributed by atoms with Crippen LogP contribution in [-0.2, 0) is 11.3 Å². The summed E-state index contributed by atoms with van der Waals surface area (Å²) in [5.41, 5.74) is 1.71. The molecule has 4 heteroatoms. The predicted octanol–water partition coefficient (Wildman–Crippen LogP) is 3.67. The molecule has 2 N–H and O–H groups in total. The molecule has 0 fully saturated rings. The second-order valence-electron chi connectivity index (χ2n) is 6.18. The number of carbonyl (C=O) groups is 2. The molecule has 0 saturated heterocycles. The lowest BCUT2D eigenvalue weighted by Crippen LogP contribution is -2.27. The fourth-order valence-electron chi connectivity index (χ4n) is 2.78. The molecule has 26 heavy (non-hydrogen) atoms. The molecule has 0 heterocycles. The maximum absolute atomic E-state index is 12.0. The van der Waals surface area contributed by atoms with E-state index in [1.807, 2.05) is 36.4 Å². The first-order chi connectivity index (χ1) is 12.7. The minimum Gasteiger partial charge on any atom is -0.352 e. The van der Waals surface area contributed by atoms with Crippen LogP contribution in [0.15, 0.2) is 72.8 Å². The Labute approximate surface area is 153 Å². The predicted molar refractivity (Wildman–Crippen MR) is 104 cm³/mol. The third-order valence-corrected chi connectivity index (χ3v) is 4.21. The van der Waals surface area contributed by atoms with Crippen molar-refractivity contribution in [2.45, 2.75) is 19.4 Å². The normalized spacial score (nSPS) is 10.5. The van der Waals surface area contributed by atoms with E-state index >= 15 is 0 Å². The number of hydrogen-bond acceptors (Lipinski definition) is 2. The highest BCUT2D eigenvalue weighted by molar-refractivity contribution is 5.94. The molecule has 0 saturated carbocycles. The van der Waals surface area contributed by atoms with Crippen LogP contribution in [0.1, 0.15) is 28.8 Å². The fourth-order valence-corrected chi connectivity index (χ4v) is 2.78. The maximum Gasteiger partial charge on any atom is 0.251 e. The van der Waals surface area contributed by atoms with Gasteiger partial charge in [0.1, 0.15) is 0 Å². The van der Waals surface area contributed by atoms with E-state index in [4.69, 9.17) is 0 Å². The summed E-state index contributed by atoms with van der Waals surface area (Å²) in [5.74, 6) is -0.116. The molecule has 3 aromatic rings. The first-order valence-corrected chi connectivity index (χ1v) is 8.80. The lowest BCUT2D eigenvalue weighted by Gasteiger charge is -2.08. The molecule has 0 aromatic heterocycles. The Balaban J connectivity index is 1.38. The highest BCUT2D eigenvalue weighted by atomic mass is 16.2. The molecule has 4 nitrogen and oxygen atoms in total. The molecule has 0 spiro atoms. The average Bonchev–Trinajstić information content (AvgIpc) is 2.70. The van der Waals surface area contributed by atoms with Crippen molar-refractivity contribution in [3.63, 3.8) is 0 Å². The largest absolute Gasteiger partial charge is 0.352 e. The van der Waals surface area contributed by atoms with Gasteiger partial charge in [-0.15, -0.1) is 0 Å². The maximum atomic E-state index is 12.0. The van der Waals surface area contributed by atoms with Gasteiger partial charge in [-0.1, -0.05) is 54.6 Å². The lowest BCUT2D eigenvalue weighted by molar-refractivity contribution is -0.121. The average molecular weight is 346 g/mol. The molecule has 0 aliphatic carbocycles. The van der Waals surface area contributed by atoms with E-state index in [9.17, 15) is 9.59 Å². The summed E-state index contributed by atoms with van der Waals surface area (Å²) in [6, 6.07) is 23.4. The van der Waals surface area contributed by atoms with E-state index in [-0.39, 0.29) is 11.8 Å². The van der Waals surface area contributed by atoms with Crippen LogP contribution < -0.4 is 10.6 Å². The van der Waals surface area contributed by atoms with Gasteiger partial charge >= 0.3 is 0 Å². The summed E-state index contributed by atoms with van der Waals surface area (Å²) in [4.78, 5) is 23.9. The standard InChI is InChI=1S/C22H22N2O2/c25-21(11-6-14-23-22(26)19-8-2-1-3-9-19)24-16-17-12-13-18-7-4-5-10-20(18)15-17/h1-5,7-10,12-13,15H,6,11,14,16H2,(H,23,26)(H,24,25). The quantitative estimate of drug-likeness (QED) is 0.641. The Morgan fingerprint density at radius 2 is 1.50 bits per heavy atom. The molecule has 3 rings (SSSR count). The van der Waals surface area contributed by atoms with Gasteiger partial charge in [-0.2, -0.15) is 0 Å². The summed E-state index contributed by atoms with van der Waals surface area (Å²) < 4.78 is 0. The van der Waals surface area contributed by atoms with Crippen molar-refractivity contribution in [1.82, 2.24) is 10.6 Å². The zero-order valence-electron chi connectivity index (χ0n) is 14.6. The summed E-state index contributed by atoms with van der Waals surface area (Å²) >= 11 is 0. The van der Waals surface area contributed by atoms with E-state index < -0.39 is 0 Å². The van der Waals surface area contributed by atoms with Crippen LogP contribution in [0.5, 0.6) is 0 Å². The van der Waals surface area contributed by atoms with Gasteiger partial charge in [-0.05, 0) is 41.0 Å². The molecule has 132 valence electrons. The van der Waals surface area contributed by atoms with E-state index in [1.54, 1.807) is 12.1 Å². The topological polar surface area (TPSA) is 58.2 Å². The number of benzene rings is 3. The monoisotopic (exact) mass is 346 g/mol. The van der Waals surface area contributed by atoms with Crippen molar-refractivity contribution in [2.24, 2.45) is 0 Å². The van der Waals surface area contributed by atoms with E-state index in [1.165, 1.54) is 10.8 Å². The van der Waals surface area contributed by atoms with Gasteiger partial charge in [0.05, 0.1) is 0 Å². The lowest BCUT2D eigenvalue weighted by atomic mass is 10.1. The summed E-state index contributed by atoms with van der Waals surface area (Å²) in [5, 5.41) is 8.12. The van der Waals surface area contributed by atoms with Crippen LogP contribution in [0.25, 0.3) is 10.8 Å². The highest BCUT2D eigenvalue weighted by Gasteiger charge is 2.05. The molecule has 0 aliphatic heterocycles. The molecule has 0 radical (unpaired) electrons. The molecular weight excluding hydrogens is 324 g/mol. The number of rotatable bonds is 7. The van der Waals surface area contributed by atoms with Crippen molar-refractivity contribution >= 4 is 22.6 Å². The van der Waals surface area contributed by atoms with Crippen LogP contribution in [-0.4, -0.2) is 18.4 Å².